The normalized spacial score (nSPS) is 16.8. The van der Waals surface area contributed by atoms with Gasteiger partial charge in [0.25, 0.3) is 5.91 Å². The van der Waals surface area contributed by atoms with Gasteiger partial charge >= 0.3 is 0 Å². The smallest absolute Gasteiger partial charge is 0.290 e. The summed E-state index contributed by atoms with van der Waals surface area (Å²) in [5, 5.41) is 11.4. The average molecular weight is 503 g/mol. The first-order valence-electron chi connectivity index (χ1n) is 9.03. The van der Waals surface area contributed by atoms with Gasteiger partial charge < -0.3 is 19.2 Å². The fraction of sp³-hybridized carbons (Fsp3) is 0.182. The Labute approximate surface area is 180 Å². The van der Waals surface area contributed by atoms with E-state index in [9.17, 15) is 14.7 Å². The number of fused-ring (bicyclic) bond motifs is 1. The van der Waals surface area contributed by atoms with Crippen molar-refractivity contribution in [1.82, 2.24) is 4.90 Å². The number of para-hydroxylation sites is 1. The van der Waals surface area contributed by atoms with Crippen LogP contribution in [0.2, 0.25) is 0 Å². The lowest BCUT2D eigenvalue weighted by atomic mass is 9.95. The van der Waals surface area contributed by atoms with Gasteiger partial charge in [-0.1, -0.05) is 30.3 Å². The minimum atomic E-state index is -0.713. The zero-order valence-corrected chi connectivity index (χ0v) is 17.8. The van der Waals surface area contributed by atoms with Gasteiger partial charge in [-0.3, -0.25) is 9.59 Å². The van der Waals surface area contributed by atoms with E-state index in [4.69, 9.17) is 9.15 Å². The second-order valence-corrected chi connectivity index (χ2v) is 7.93. The van der Waals surface area contributed by atoms with Crippen LogP contribution in [0.3, 0.4) is 0 Å². The summed E-state index contributed by atoms with van der Waals surface area (Å²) >= 11 is 2.19. The Bertz CT molecular complexity index is 1080. The van der Waals surface area contributed by atoms with Crippen molar-refractivity contribution in [3.8, 4) is 0 Å². The summed E-state index contributed by atoms with van der Waals surface area (Å²) in [4.78, 5) is 27.5. The van der Waals surface area contributed by atoms with Crippen molar-refractivity contribution in [3.05, 3.63) is 80.8 Å². The summed E-state index contributed by atoms with van der Waals surface area (Å²) in [6.45, 7) is 0.527. The van der Waals surface area contributed by atoms with Crippen LogP contribution in [-0.4, -0.2) is 42.0 Å². The van der Waals surface area contributed by atoms with Crippen molar-refractivity contribution in [2.75, 3.05) is 20.3 Å². The van der Waals surface area contributed by atoms with E-state index in [1.165, 1.54) is 12.0 Å². The van der Waals surface area contributed by atoms with Crippen LogP contribution in [-0.2, 0) is 9.53 Å². The summed E-state index contributed by atoms with van der Waals surface area (Å²) < 4.78 is 11.8. The monoisotopic (exact) mass is 503 g/mol. The molecule has 1 atom stereocenters. The van der Waals surface area contributed by atoms with Gasteiger partial charge in [0, 0.05) is 22.6 Å². The van der Waals surface area contributed by atoms with E-state index in [0.717, 1.165) is 14.5 Å². The molecule has 1 aliphatic heterocycles. The zero-order valence-electron chi connectivity index (χ0n) is 15.6. The Hall–Kier alpha value is -2.65. The lowest BCUT2D eigenvalue weighted by Gasteiger charge is -2.26. The molecule has 6 nitrogen and oxygen atoms in total. The molecule has 1 aliphatic rings. The number of carbonyl (C=O) groups is 2. The number of hydrogen-bond acceptors (Lipinski definition) is 5. The number of Topliss-reactive ketones (excluding diaryl/α,β-unsaturated/α-hetero) is 1. The lowest BCUT2D eigenvalue weighted by molar-refractivity contribution is -0.130. The van der Waals surface area contributed by atoms with Crippen LogP contribution < -0.4 is 0 Å². The first-order chi connectivity index (χ1) is 14.0. The minimum Gasteiger partial charge on any atom is -0.503 e. The van der Waals surface area contributed by atoms with E-state index in [0.29, 0.717) is 5.58 Å². The van der Waals surface area contributed by atoms with Crippen LogP contribution in [0.4, 0.5) is 0 Å². The fourth-order valence-corrected chi connectivity index (χ4v) is 3.88. The van der Waals surface area contributed by atoms with Crippen LogP contribution in [0.15, 0.2) is 70.3 Å². The molecule has 2 heterocycles. The van der Waals surface area contributed by atoms with Crippen molar-refractivity contribution in [1.29, 1.82) is 0 Å². The summed E-state index contributed by atoms with van der Waals surface area (Å²) in [5.74, 6) is -1.56. The number of carbonyl (C=O) groups excluding carboxylic acids is 2. The third-order valence-corrected chi connectivity index (χ3v) is 5.64. The molecule has 1 N–H and O–H groups in total. The highest BCUT2D eigenvalue weighted by atomic mass is 127. The number of ether oxygens (including phenoxy) is 1. The summed E-state index contributed by atoms with van der Waals surface area (Å²) in [6.07, 6.45) is 0. The molecule has 1 unspecified atom stereocenters. The Kier molecular flexibility index (Phi) is 5.42. The molecule has 0 bridgehead atoms. The average Bonchev–Trinajstić information content (AvgIpc) is 3.26. The predicted octanol–water partition coefficient (Wildman–Crippen LogP) is 4.26. The Balaban J connectivity index is 1.79. The minimum absolute atomic E-state index is 0.0198. The molecular formula is C22H18INO5. The molecule has 0 radical (unpaired) electrons. The Morgan fingerprint density at radius 2 is 1.93 bits per heavy atom. The van der Waals surface area contributed by atoms with Gasteiger partial charge in [-0.05, 0) is 52.4 Å². The van der Waals surface area contributed by atoms with Crippen LogP contribution in [0.1, 0.15) is 22.2 Å². The molecule has 1 aromatic heterocycles. The number of furan rings is 1. The molecule has 0 aliphatic carbocycles. The van der Waals surface area contributed by atoms with E-state index < -0.39 is 23.5 Å². The number of benzene rings is 2. The standard InChI is InChI=1S/C22H18INO5/c1-28-11-10-24-19(13-6-8-15(23)9-7-13)18(21(26)22(24)27)20(25)17-12-14-4-2-3-5-16(14)29-17/h2-9,12,19,26H,10-11H2,1H3. The van der Waals surface area contributed by atoms with Gasteiger partial charge in [0.1, 0.15) is 5.58 Å². The maximum absolute atomic E-state index is 13.3. The largest absolute Gasteiger partial charge is 0.503 e. The molecule has 29 heavy (non-hydrogen) atoms. The Morgan fingerprint density at radius 3 is 2.62 bits per heavy atom. The quantitative estimate of drug-likeness (QED) is 0.402. The first kappa shape index (κ1) is 19.7. The molecule has 7 heteroatoms. The predicted molar refractivity (Wildman–Crippen MR) is 116 cm³/mol. The number of amides is 1. The number of nitrogens with zero attached hydrogens (tertiary/aromatic N) is 1. The summed E-state index contributed by atoms with van der Waals surface area (Å²) in [5.41, 5.74) is 1.33. The van der Waals surface area contributed by atoms with E-state index in [1.54, 1.807) is 12.1 Å². The van der Waals surface area contributed by atoms with E-state index in [-0.39, 0.29) is 24.5 Å². The number of hydrogen-bond donors (Lipinski definition) is 1. The molecule has 4 rings (SSSR count). The summed E-state index contributed by atoms with van der Waals surface area (Å²) in [7, 11) is 1.54. The highest BCUT2D eigenvalue weighted by Crippen LogP contribution is 2.39. The fourth-order valence-electron chi connectivity index (χ4n) is 3.52. The summed E-state index contributed by atoms with van der Waals surface area (Å²) in [6, 6.07) is 15.7. The third-order valence-electron chi connectivity index (χ3n) is 4.92. The number of ketones is 1. The van der Waals surface area contributed by atoms with Crippen molar-refractivity contribution in [3.63, 3.8) is 0 Å². The zero-order chi connectivity index (χ0) is 20.5. The Morgan fingerprint density at radius 1 is 1.21 bits per heavy atom. The molecule has 2 aromatic carbocycles. The maximum atomic E-state index is 13.3. The topological polar surface area (TPSA) is 80.0 Å². The van der Waals surface area contributed by atoms with Gasteiger partial charge in [-0.2, -0.15) is 0 Å². The van der Waals surface area contributed by atoms with Crippen molar-refractivity contribution < 1.29 is 23.8 Å². The first-order valence-corrected chi connectivity index (χ1v) is 10.1. The van der Waals surface area contributed by atoms with Gasteiger partial charge in [-0.25, -0.2) is 0 Å². The number of aliphatic hydroxyl groups excluding tert-OH is 1. The van der Waals surface area contributed by atoms with Gasteiger partial charge in [0.15, 0.2) is 11.5 Å². The highest BCUT2D eigenvalue weighted by molar-refractivity contribution is 14.1. The van der Waals surface area contributed by atoms with Gasteiger partial charge in [-0.15, -0.1) is 0 Å². The van der Waals surface area contributed by atoms with E-state index >= 15 is 0 Å². The number of methoxy groups -OCH3 is 1. The van der Waals surface area contributed by atoms with Crippen LogP contribution in [0, 0.1) is 3.57 Å². The molecule has 3 aromatic rings. The van der Waals surface area contributed by atoms with Crippen LogP contribution in [0.5, 0.6) is 0 Å². The number of halogens is 1. The SMILES string of the molecule is COCCN1C(=O)C(O)=C(C(=O)c2cc3ccccc3o2)C1c1ccc(I)cc1. The molecule has 0 saturated carbocycles. The van der Waals surface area contributed by atoms with Crippen molar-refractivity contribution in [2.45, 2.75) is 6.04 Å². The van der Waals surface area contributed by atoms with Crippen molar-refractivity contribution in [2.24, 2.45) is 0 Å². The second kappa shape index (κ2) is 8.00. The third kappa shape index (κ3) is 3.56. The maximum Gasteiger partial charge on any atom is 0.290 e. The molecule has 148 valence electrons. The second-order valence-electron chi connectivity index (χ2n) is 6.69. The number of rotatable bonds is 6. The van der Waals surface area contributed by atoms with Gasteiger partial charge in [0.2, 0.25) is 5.78 Å². The highest BCUT2D eigenvalue weighted by Gasteiger charge is 2.44. The van der Waals surface area contributed by atoms with Crippen LogP contribution in [0.25, 0.3) is 11.0 Å². The van der Waals surface area contributed by atoms with Crippen LogP contribution >= 0.6 is 22.6 Å². The molecule has 0 saturated heterocycles. The molecule has 0 fully saturated rings. The van der Waals surface area contributed by atoms with E-state index in [2.05, 4.69) is 22.6 Å². The lowest BCUT2D eigenvalue weighted by Crippen LogP contribution is -2.34. The van der Waals surface area contributed by atoms with E-state index in [1.807, 2.05) is 42.5 Å². The number of aliphatic hydroxyl groups is 1. The molecular weight excluding hydrogens is 485 g/mol. The van der Waals surface area contributed by atoms with Gasteiger partial charge in [0.05, 0.1) is 18.2 Å². The molecule has 0 spiro atoms. The van der Waals surface area contributed by atoms with Crippen molar-refractivity contribution >= 4 is 45.3 Å². The molecule has 1 amide bonds.